The third-order valence-electron chi connectivity index (χ3n) is 5.23. The first-order valence-electron chi connectivity index (χ1n) is 10.8. The summed E-state index contributed by atoms with van der Waals surface area (Å²) < 4.78 is 10.9. The molecular weight excluding hydrogens is 416 g/mol. The van der Waals surface area contributed by atoms with E-state index in [1.54, 1.807) is 31.4 Å². The predicted molar refractivity (Wildman–Crippen MR) is 128 cm³/mol. The second-order valence-electron chi connectivity index (χ2n) is 7.98. The Balaban J connectivity index is 1.68. The van der Waals surface area contributed by atoms with Crippen molar-refractivity contribution in [2.75, 3.05) is 12.4 Å². The summed E-state index contributed by atoms with van der Waals surface area (Å²) >= 11 is 0. The molecule has 0 radical (unpaired) electrons. The molecule has 0 spiro atoms. The lowest BCUT2D eigenvalue weighted by Gasteiger charge is -2.15. The summed E-state index contributed by atoms with van der Waals surface area (Å²) in [7, 11) is 1.58. The van der Waals surface area contributed by atoms with E-state index < -0.39 is 0 Å². The van der Waals surface area contributed by atoms with Crippen molar-refractivity contribution in [3.63, 3.8) is 0 Å². The molecule has 1 aliphatic rings. The van der Waals surface area contributed by atoms with Gasteiger partial charge in [-0.2, -0.15) is 0 Å². The number of carbonyl (C=O) groups excluding carboxylic acids is 2. The molecule has 0 unspecified atom stereocenters. The Bertz CT molecular complexity index is 1170. The van der Waals surface area contributed by atoms with E-state index in [4.69, 9.17) is 9.47 Å². The first-order valence-corrected chi connectivity index (χ1v) is 10.8. The maximum atomic E-state index is 13.4. The van der Waals surface area contributed by atoms with Gasteiger partial charge < -0.3 is 14.8 Å². The van der Waals surface area contributed by atoms with E-state index in [2.05, 4.69) is 5.32 Å². The number of amides is 2. The SMILES string of the molecule is COc1ccc(C2=C(Nc3ccc(OC(C)C)cc3)C(=O)N(Cc3ccccc3)C2=O)cc1. The number of methoxy groups -OCH3 is 1. The van der Waals surface area contributed by atoms with Gasteiger partial charge >= 0.3 is 0 Å². The third kappa shape index (κ3) is 4.90. The lowest BCUT2D eigenvalue weighted by atomic mass is 10.0. The molecule has 4 rings (SSSR count). The van der Waals surface area contributed by atoms with Gasteiger partial charge in [-0.05, 0) is 61.4 Å². The van der Waals surface area contributed by atoms with E-state index in [1.807, 2.05) is 68.4 Å². The number of rotatable bonds is 8. The van der Waals surface area contributed by atoms with Crippen molar-refractivity contribution >= 4 is 23.1 Å². The molecule has 0 saturated heterocycles. The van der Waals surface area contributed by atoms with Crippen molar-refractivity contribution in [2.24, 2.45) is 0 Å². The van der Waals surface area contributed by atoms with Gasteiger partial charge in [0, 0.05) is 5.69 Å². The highest BCUT2D eigenvalue weighted by Crippen LogP contribution is 2.32. The highest BCUT2D eigenvalue weighted by atomic mass is 16.5. The van der Waals surface area contributed by atoms with Gasteiger partial charge in [-0.15, -0.1) is 0 Å². The molecule has 3 aromatic rings. The number of anilines is 1. The van der Waals surface area contributed by atoms with Crippen LogP contribution in [0.1, 0.15) is 25.0 Å². The quantitative estimate of drug-likeness (QED) is 0.504. The Hall–Kier alpha value is -4.06. The summed E-state index contributed by atoms with van der Waals surface area (Å²) in [5, 5.41) is 3.18. The van der Waals surface area contributed by atoms with Gasteiger partial charge in [0.1, 0.15) is 17.2 Å². The molecule has 6 nitrogen and oxygen atoms in total. The summed E-state index contributed by atoms with van der Waals surface area (Å²) in [4.78, 5) is 28.1. The van der Waals surface area contributed by atoms with Crippen molar-refractivity contribution in [3.8, 4) is 11.5 Å². The summed E-state index contributed by atoms with van der Waals surface area (Å²) in [5.74, 6) is 0.709. The average Bonchev–Trinajstić information content (AvgIpc) is 3.05. The number of hydrogen-bond donors (Lipinski definition) is 1. The fraction of sp³-hybridized carbons (Fsp3) is 0.185. The minimum Gasteiger partial charge on any atom is -0.497 e. The van der Waals surface area contributed by atoms with Gasteiger partial charge in [-0.3, -0.25) is 14.5 Å². The van der Waals surface area contributed by atoms with Crippen LogP contribution in [-0.2, 0) is 16.1 Å². The van der Waals surface area contributed by atoms with Gasteiger partial charge in [0.15, 0.2) is 0 Å². The van der Waals surface area contributed by atoms with Crippen molar-refractivity contribution in [3.05, 3.63) is 95.7 Å². The molecule has 33 heavy (non-hydrogen) atoms. The lowest BCUT2D eigenvalue weighted by molar-refractivity contribution is -0.137. The Morgan fingerprint density at radius 1 is 0.818 bits per heavy atom. The first kappa shape index (κ1) is 22.1. The summed E-state index contributed by atoms with van der Waals surface area (Å²) in [5.41, 5.74) is 2.80. The molecule has 1 aliphatic heterocycles. The second-order valence-corrected chi connectivity index (χ2v) is 7.98. The minimum absolute atomic E-state index is 0.0637. The molecule has 1 heterocycles. The summed E-state index contributed by atoms with van der Waals surface area (Å²) in [6.45, 7) is 4.12. The first-order chi connectivity index (χ1) is 16.0. The molecule has 1 N–H and O–H groups in total. The fourth-order valence-electron chi connectivity index (χ4n) is 3.66. The van der Waals surface area contributed by atoms with Gasteiger partial charge in [-0.25, -0.2) is 0 Å². The Kier molecular flexibility index (Phi) is 6.45. The van der Waals surface area contributed by atoms with Crippen LogP contribution < -0.4 is 14.8 Å². The molecule has 0 aliphatic carbocycles. The van der Waals surface area contributed by atoms with Crippen molar-refractivity contribution in [1.82, 2.24) is 4.90 Å². The summed E-state index contributed by atoms with van der Waals surface area (Å²) in [6, 6.07) is 23.9. The average molecular weight is 443 g/mol. The van der Waals surface area contributed by atoms with Crippen molar-refractivity contribution < 1.29 is 19.1 Å². The van der Waals surface area contributed by atoms with Gasteiger partial charge in [0.25, 0.3) is 11.8 Å². The van der Waals surface area contributed by atoms with Crippen LogP contribution in [0, 0.1) is 0 Å². The number of nitrogens with one attached hydrogen (secondary N) is 1. The van der Waals surface area contributed by atoms with Crippen molar-refractivity contribution in [1.29, 1.82) is 0 Å². The largest absolute Gasteiger partial charge is 0.497 e. The van der Waals surface area contributed by atoms with Gasteiger partial charge in [-0.1, -0.05) is 42.5 Å². The molecule has 0 aromatic heterocycles. The van der Waals surface area contributed by atoms with Crippen LogP contribution in [0.25, 0.3) is 5.57 Å². The maximum Gasteiger partial charge on any atom is 0.278 e. The van der Waals surface area contributed by atoms with E-state index in [1.165, 1.54) is 4.90 Å². The standard InChI is InChI=1S/C27H26N2O4/c1-18(2)33-23-15-11-21(12-16-23)28-25-24(20-9-13-22(32-3)14-10-20)26(30)29(27(25)31)17-19-7-5-4-6-8-19/h4-16,18,28H,17H2,1-3H3. The molecule has 168 valence electrons. The molecule has 6 heteroatoms. The number of ether oxygens (including phenoxy) is 2. The van der Waals surface area contributed by atoms with Gasteiger partial charge in [0.05, 0.1) is 25.3 Å². The number of nitrogens with zero attached hydrogens (tertiary/aromatic N) is 1. The molecule has 3 aromatic carbocycles. The minimum atomic E-state index is -0.364. The van der Waals surface area contributed by atoms with Gasteiger partial charge in [0.2, 0.25) is 0 Å². The molecule has 2 amide bonds. The van der Waals surface area contributed by atoms with Crippen LogP contribution in [0.4, 0.5) is 5.69 Å². The topological polar surface area (TPSA) is 67.9 Å². The van der Waals surface area contributed by atoms with Crippen molar-refractivity contribution in [2.45, 2.75) is 26.5 Å². The van der Waals surface area contributed by atoms with E-state index >= 15 is 0 Å². The highest BCUT2D eigenvalue weighted by molar-refractivity contribution is 6.36. The Morgan fingerprint density at radius 3 is 2.06 bits per heavy atom. The van der Waals surface area contributed by atoms with Crippen LogP contribution >= 0.6 is 0 Å². The number of carbonyl (C=O) groups is 2. The van der Waals surface area contributed by atoms with Crippen LogP contribution in [0.15, 0.2) is 84.6 Å². The zero-order valence-electron chi connectivity index (χ0n) is 18.9. The van der Waals surface area contributed by atoms with E-state index in [0.29, 0.717) is 22.6 Å². The van der Waals surface area contributed by atoms with E-state index in [-0.39, 0.29) is 30.2 Å². The number of benzene rings is 3. The smallest absolute Gasteiger partial charge is 0.278 e. The van der Waals surface area contributed by atoms with Crippen LogP contribution in [0.3, 0.4) is 0 Å². The molecule has 0 atom stereocenters. The Morgan fingerprint density at radius 2 is 1.45 bits per heavy atom. The highest BCUT2D eigenvalue weighted by Gasteiger charge is 2.39. The van der Waals surface area contributed by atoms with Crippen LogP contribution in [0.2, 0.25) is 0 Å². The van der Waals surface area contributed by atoms with E-state index in [0.717, 1.165) is 11.3 Å². The molecular formula is C27H26N2O4. The Labute approximate surface area is 193 Å². The summed E-state index contributed by atoms with van der Waals surface area (Å²) in [6.07, 6.45) is 0.0637. The zero-order chi connectivity index (χ0) is 23.4. The normalized spacial score (nSPS) is 13.6. The van der Waals surface area contributed by atoms with Crippen LogP contribution in [0.5, 0.6) is 11.5 Å². The van der Waals surface area contributed by atoms with Crippen LogP contribution in [-0.4, -0.2) is 29.9 Å². The number of imide groups is 1. The monoisotopic (exact) mass is 442 g/mol. The molecule has 0 saturated carbocycles. The predicted octanol–water partition coefficient (Wildman–Crippen LogP) is 4.87. The third-order valence-corrected chi connectivity index (χ3v) is 5.23. The second kappa shape index (κ2) is 9.61. The molecule has 0 fully saturated rings. The lowest BCUT2D eigenvalue weighted by Crippen LogP contribution is -2.31. The number of hydrogen-bond acceptors (Lipinski definition) is 5. The molecule has 0 bridgehead atoms. The maximum absolute atomic E-state index is 13.4. The fourth-order valence-corrected chi connectivity index (χ4v) is 3.66. The zero-order valence-corrected chi connectivity index (χ0v) is 18.9. The van der Waals surface area contributed by atoms with E-state index in [9.17, 15) is 9.59 Å².